The third-order valence-corrected chi connectivity index (χ3v) is 6.61. The Balaban J connectivity index is 1.53. The summed E-state index contributed by atoms with van der Waals surface area (Å²) in [4.78, 5) is 29.7. The van der Waals surface area contributed by atoms with Gasteiger partial charge in [0.2, 0.25) is 11.9 Å². The highest BCUT2D eigenvalue weighted by Gasteiger charge is 2.33. The molecule has 3 N–H and O–H groups in total. The van der Waals surface area contributed by atoms with Gasteiger partial charge in [-0.3, -0.25) is 14.9 Å². The molecule has 0 radical (unpaired) electrons. The summed E-state index contributed by atoms with van der Waals surface area (Å²) < 4.78 is 2.18. The summed E-state index contributed by atoms with van der Waals surface area (Å²) in [6.07, 6.45) is 3.76. The molecule has 1 saturated carbocycles. The van der Waals surface area contributed by atoms with Crippen LogP contribution < -0.4 is 16.0 Å². The third-order valence-electron chi connectivity index (χ3n) is 5.61. The van der Waals surface area contributed by atoms with Gasteiger partial charge in [0.25, 0.3) is 5.91 Å². The zero-order valence-corrected chi connectivity index (χ0v) is 18.1. The molecule has 8 heteroatoms. The molecular weight excluding hydrogens is 398 g/mol. The third kappa shape index (κ3) is 4.24. The fourth-order valence-corrected chi connectivity index (χ4v) is 4.73. The number of rotatable bonds is 8. The van der Waals surface area contributed by atoms with Crippen LogP contribution in [0.4, 0.5) is 10.9 Å². The summed E-state index contributed by atoms with van der Waals surface area (Å²) in [5.74, 6) is 1.02. The summed E-state index contributed by atoms with van der Waals surface area (Å²) in [5.41, 5.74) is 1.93. The molecule has 2 aromatic heterocycles. The largest absolute Gasteiger partial charge is 0.320 e. The summed E-state index contributed by atoms with van der Waals surface area (Å²) in [7, 11) is 1.98. The molecule has 2 amide bonds. The molecule has 7 nitrogen and oxygen atoms in total. The molecule has 1 aromatic carbocycles. The normalized spacial score (nSPS) is 18.2. The van der Waals surface area contributed by atoms with Gasteiger partial charge in [-0.15, -0.1) is 11.3 Å². The minimum absolute atomic E-state index is 0.0663. The van der Waals surface area contributed by atoms with E-state index in [0.717, 1.165) is 30.4 Å². The molecule has 1 aliphatic carbocycles. The van der Waals surface area contributed by atoms with Crippen LogP contribution in [0.2, 0.25) is 0 Å². The molecule has 0 aliphatic heterocycles. The Morgan fingerprint density at radius 2 is 1.97 bits per heavy atom. The molecule has 0 saturated heterocycles. The second-order valence-electron chi connectivity index (χ2n) is 7.70. The number of aromatic nitrogens is 2. The lowest BCUT2D eigenvalue weighted by Gasteiger charge is -2.37. The van der Waals surface area contributed by atoms with Gasteiger partial charge < -0.3 is 15.2 Å². The zero-order valence-electron chi connectivity index (χ0n) is 17.3. The Hall–Kier alpha value is -2.71. The molecule has 3 aromatic rings. The lowest BCUT2D eigenvalue weighted by Crippen LogP contribution is -2.30. The Morgan fingerprint density at radius 1 is 1.17 bits per heavy atom. The van der Waals surface area contributed by atoms with E-state index in [9.17, 15) is 9.59 Å². The van der Waals surface area contributed by atoms with Crippen LogP contribution >= 0.6 is 11.3 Å². The van der Waals surface area contributed by atoms with Gasteiger partial charge in [0.05, 0.1) is 20.9 Å². The SMILES string of the molecule is CCC(=O)Nc1ccc(C(=O)Nc2nc3ccccc3n2C2CC(CCNC)C2)s1. The van der Waals surface area contributed by atoms with Crippen molar-refractivity contribution in [2.45, 2.75) is 38.6 Å². The molecule has 0 spiro atoms. The number of fused-ring (bicyclic) bond motifs is 1. The quantitative estimate of drug-likeness (QED) is 0.503. The van der Waals surface area contributed by atoms with Gasteiger partial charge in [0, 0.05) is 12.5 Å². The highest BCUT2D eigenvalue weighted by molar-refractivity contribution is 7.18. The maximum atomic E-state index is 12.9. The fourth-order valence-electron chi connectivity index (χ4n) is 3.91. The van der Waals surface area contributed by atoms with E-state index in [0.29, 0.717) is 34.2 Å². The van der Waals surface area contributed by atoms with Crippen LogP contribution in [0, 0.1) is 5.92 Å². The van der Waals surface area contributed by atoms with E-state index in [2.05, 4.69) is 26.6 Å². The van der Waals surface area contributed by atoms with Crippen molar-refractivity contribution in [1.82, 2.24) is 14.9 Å². The van der Waals surface area contributed by atoms with Crippen LogP contribution in [0.25, 0.3) is 11.0 Å². The first-order valence-corrected chi connectivity index (χ1v) is 11.2. The predicted molar refractivity (Wildman–Crippen MR) is 121 cm³/mol. The zero-order chi connectivity index (χ0) is 21.1. The van der Waals surface area contributed by atoms with E-state index in [4.69, 9.17) is 4.98 Å². The van der Waals surface area contributed by atoms with Crippen molar-refractivity contribution >= 4 is 45.1 Å². The smallest absolute Gasteiger partial charge is 0.268 e. The molecule has 0 atom stereocenters. The molecule has 0 bridgehead atoms. The van der Waals surface area contributed by atoms with Crippen LogP contribution in [0.1, 0.15) is 48.3 Å². The van der Waals surface area contributed by atoms with Crippen molar-refractivity contribution in [3.05, 3.63) is 41.3 Å². The first-order chi connectivity index (χ1) is 14.6. The predicted octanol–water partition coefficient (Wildman–Crippen LogP) is 4.26. The number of thiophene rings is 1. The van der Waals surface area contributed by atoms with E-state index < -0.39 is 0 Å². The highest BCUT2D eigenvalue weighted by atomic mass is 32.1. The van der Waals surface area contributed by atoms with Crippen LogP contribution in [-0.4, -0.2) is 35.0 Å². The van der Waals surface area contributed by atoms with Crippen LogP contribution in [-0.2, 0) is 4.79 Å². The summed E-state index contributed by atoms with van der Waals surface area (Å²) in [5, 5.41) is 9.69. The lowest BCUT2D eigenvalue weighted by molar-refractivity contribution is -0.115. The molecule has 158 valence electrons. The Bertz CT molecular complexity index is 1050. The number of amides is 2. The van der Waals surface area contributed by atoms with Gasteiger partial charge in [-0.2, -0.15) is 0 Å². The van der Waals surface area contributed by atoms with Gasteiger partial charge >= 0.3 is 0 Å². The molecule has 1 fully saturated rings. The van der Waals surface area contributed by atoms with Crippen molar-refractivity contribution in [3.8, 4) is 0 Å². The topological polar surface area (TPSA) is 88.1 Å². The first kappa shape index (κ1) is 20.6. The van der Waals surface area contributed by atoms with Crippen molar-refractivity contribution in [3.63, 3.8) is 0 Å². The van der Waals surface area contributed by atoms with Crippen molar-refractivity contribution in [2.24, 2.45) is 5.92 Å². The molecular formula is C22H27N5O2S. The summed E-state index contributed by atoms with van der Waals surface area (Å²) in [6.45, 7) is 2.83. The minimum atomic E-state index is -0.209. The molecule has 2 heterocycles. The van der Waals surface area contributed by atoms with Crippen LogP contribution in [0.5, 0.6) is 0 Å². The number of para-hydroxylation sites is 2. The number of anilines is 2. The Morgan fingerprint density at radius 3 is 2.73 bits per heavy atom. The van der Waals surface area contributed by atoms with Gasteiger partial charge in [-0.05, 0) is 63.0 Å². The summed E-state index contributed by atoms with van der Waals surface area (Å²) in [6, 6.07) is 11.8. The molecule has 4 rings (SSSR count). The Labute approximate surface area is 179 Å². The van der Waals surface area contributed by atoms with Crippen molar-refractivity contribution in [1.29, 1.82) is 0 Å². The Kier molecular flexibility index (Phi) is 6.15. The number of nitrogens with zero attached hydrogens (tertiary/aromatic N) is 2. The maximum Gasteiger partial charge on any atom is 0.268 e. The number of hydrogen-bond donors (Lipinski definition) is 3. The monoisotopic (exact) mass is 425 g/mol. The second kappa shape index (κ2) is 8.97. The molecule has 1 aliphatic rings. The number of carbonyl (C=O) groups is 2. The van der Waals surface area contributed by atoms with Crippen molar-refractivity contribution in [2.75, 3.05) is 24.2 Å². The molecule has 30 heavy (non-hydrogen) atoms. The van der Waals surface area contributed by atoms with Crippen LogP contribution in [0.3, 0.4) is 0 Å². The highest BCUT2D eigenvalue weighted by Crippen LogP contribution is 2.43. The van der Waals surface area contributed by atoms with Crippen LogP contribution in [0.15, 0.2) is 36.4 Å². The minimum Gasteiger partial charge on any atom is -0.320 e. The van der Waals surface area contributed by atoms with Gasteiger partial charge in [0.15, 0.2) is 0 Å². The van der Waals surface area contributed by atoms with Crippen molar-refractivity contribution < 1.29 is 9.59 Å². The fraction of sp³-hybridized carbons (Fsp3) is 0.409. The van der Waals surface area contributed by atoms with Gasteiger partial charge in [0.1, 0.15) is 0 Å². The number of carbonyl (C=O) groups excluding carboxylic acids is 2. The first-order valence-electron chi connectivity index (χ1n) is 10.4. The molecule has 0 unspecified atom stereocenters. The van der Waals surface area contributed by atoms with E-state index in [1.807, 2.05) is 25.2 Å². The standard InChI is InChI=1S/C22H27N5O2S/c1-3-19(28)25-20-9-8-18(30-20)21(29)26-22-24-16-6-4-5-7-17(16)27(22)15-12-14(13-15)10-11-23-2/h4-9,14-15,23H,3,10-13H2,1-2H3,(H,25,28)(H,24,26,29). The number of nitrogens with one attached hydrogen (secondary N) is 3. The van der Waals surface area contributed by atoms with E-state index in [-0.39, 0.29) is 11.8 Å². The maximum absolute atomic E-state index is 12.9. The lowest BCUT2D eigenvalue weighted by atomic mass is 9.78. The van der Waals surface area contributed by atoms with Gasteiger partial charge in [-0.1, -0.05) is 19.1 Å². The van der Waals surface area contributed by atoms with E-state index >= 15 is 0 Å². The number of hydrogen-bond acceptors (Lipinski definition) is 5. The summed E-state index contributed by atoms with van der Waals surface area (Å²) >= 11 is 1.27. The second-order valence-corrected chi connectivity index (χ2v) is 8.78. The van der Waals surface area contributed by atoms with E-state index in [1.54, 1.807) is 19.1 Å². The average Bonchev–Trinajstić information content (AvgIpc) is 3.31. The average molecular weight is 426 g/mol. The van der Waals surface area contributed by atoms with E-state index in [1.165, 1.54) is 17.8 Å². The number of imidazole rings is 1. The number of benzene rings is 1. The van der Waals surface area contributed by atoms with Gasteiger partial charge in [-0.25, -0.2) is 4.98 Å².